The van der Waals surface area contributed by atoms with Gasteiger partial charge in [-0.2, -0.15) is 0 Å². The Balaban J connectivity index is 2.31. The fourth-order valence-electron chi connectivity index (χ4n) is 1.30. The van der Waals surface area contributed by atoms with Crippen LogP contribution in [0.3, 0.4) is 0 Å². The van der Waals surface area contributed by atoms with Crippen LogP contribution >= 0.6 is 12.2 Å². The van der Waals surface area contributed by atoms with E-state index in [1.54, 1.807) is 0 Å². The Morgan fingerprint density at radius 2 is 2.20 bits per heavy atom. The number of thiocarbonyl (C=S) groups is 1. The zero-order valence-corrected chi connectivity index (χ0v) is 10.4. The summed E-state index contributed by atoms with van der Waals surface area (Å²) in [6, 6.07) is 0. The molecule has 86 valence electrons. The van der Waals surface area contributed by atoms with E-state index in [1.807, 2.05) is 6.92 Å². The third kappa shape index (κ3) is 2.98. The van der Waals surface area contributed by atoms with Crippen LogP contribution in [0.25, 0.3) is 0 Å². The highest BCUT2D eigenvalue weighted by Gasteiger charge is 2.52. The predicted molar refractivity (Wildman–Crippen MR) is 65.0 cm³/mol. The van der Waals surface area contributed by atoms with Crippen LogP contribution in [-0.2, 0) is 15.6 Å². The molecule has 0 heterocycles. The van der Waals surface area contributed by atoms with E-state index in [0.29, 0.717) is 18.1 Å². The minimum absolute atomic E-state index is 0.108. The van der Waals surface area contributed by atoms with Crippen LogP contribution in [0.1, 0.15) is 19.8 Å². The summed E-state index contributed by atoms with van der Waals surface area (Å²) in [5.41, 5.74) is 4.91. The van der Waals surface area contributed by atoms with Gasteiger partial charge in [-0.1, -0.05) is 19.1 Å². The first-order chi connectivity index (χ1) is 7.03. The average Bonchev–Trinajstić information content (AvgIpc) is 2.97. The lowest BCUT2D eigenvalue weighted by atomic mass is 10.1. The Morgan fingerprint density at radius 1 is 1.60 bits per heavy atom. The Bertz CT molecular complexity index is 300. The molecule has 1 atom stereocenters. The highest BCUT2D eigenvalue weighted by atomic mass is 32.2. The predicted octanol–water partition coefficient (Wildman–Crippen LogP) is -0.0625. The van der Waals surface area contributed by atoms with Crippen LogP contribution in [0, 0.1) is 5.41 Å². The van der Waals surface area contributed by atoms with Crippen LogP contribution < -0.4 is 11.1 Å². The second-order valence-corrected chi connectivity index (χ2v) is 5.94. The smallest absolute Gasteiger partial charge is 0.233 e. The van der Waals surface area contributed by atoms with Gasteiger partial charge in [0, 0.05) is 28.9 Å². The molecule has 0 spiro atoms. The van der Waals surface area contributed by atoms with Gasteiger partial charge in [-0.05, 0) is 12.8 Å². The molecule has 6 heteroatoms. The largest absolute Gasteiger partial charge is 0.392 e. The van der Waals surface area contributed by atoms with Crippen molar-refractivity contribution in [1.82, 2.24) is 5.32 Å². The van der Waals surface area contributed by atoms with Crippen LogP contribution in [-0.4, -0.2) is 33.2 Å². The van der Waals surface area contributed by atoms with Gasteiger partial charge in [0.05, 0.1) is 10.4 Å². The van der Waals surface area contributed by atoms with Crippen molar-refractivity contribution >= 4 is 33.9 Å². The summed E-state index contributed by atoms with van der Waals surface area (Å²) in [5.74, 6) is 1.01. The van der Waals surface area contributed by atoms with Crippen molar-refractivity contribution in [2.45, 2.75) is 19.8 Å². The van der Waals surface area contributed by atoms with Crippen LogP contribution in [0.2, 0.25) is 0 Å². The molecule has 0 aromatic heterocycles. The molecule has 0 aliphatic heterocycles. The molecule has 1 amide bonds. The van der Waals surface area contributed by atoms with Gasteiger partial charge in [0.15, 0.2) is 0 Å². The van der Waals surface area contributed by atoms with E-state index in [-0.39, 0.29) is 10.9 Å². The molecule has 1 saturated carbocycles. The summed E-state index contributed by atoms with van der Waals surface area (Å²) in [6.07, 6.45) is 1.48. The second kappa shape index (κ2) is 5.03. The SMILES string of the molecule is CCS(=O)CCNC(=O)C1(C(N)=S)CC1. The molecule has 0 bridgehead atoms. The number of rotatable bonds is 6. The average molecular weight is 248 g/mol. The van der Waals surface area contributed by atoms with E-state index >= 15 is 0 Å². The van der Waals surface area contributed by atoms with Gasteiger partial charge >= 0.3 is 0 Å². The van der Waals surface area contributed by atoms with Crippen LogP contribution in [0.5, 0.6) is 0 Å². The number of hydrogen-bond acceptors (Lipinski definition) is 3. The number of carbonyl (C=O) groups excluding carboxylic acids is 1. The van der Waals surface area contributed by atoms with Crippen molar-refractivity contribution in [1.29, 1.82) is 0 Å². The zero-order chi connectivity index (χ0) is 11.5. The molecule has 0 aromatic carbocycles. The van der Waals surface area contributed by atoms with Gasteiger partial charge in [-0.3, -0.25) is 9.00 Å². The zero-order valence-electron chi connectivity index (χ0n) is 8.75. The molecular weight excluding hydrogens is 232 g/mol. The molecule has 4 nitrogen and oxygen atoms in total. The van der Waals surface area contributed by atoms with Crippen LogP contribution in [0.15, 0.2) is 0 Å². The number of nitrogens with two attached hydrogens (primary N) is 1. The molecular formula is C9H16N2O2S2. The summed E-state index contributed by atoms with van der Waals surface area (Å²) in [5, 5.41) is 2.73. The molecule has 0 radical (unpaired) electrons. The van der Waals surface area contributed by atoms with Gasteiger partial charge in [-0.15, -0.1) is 0 Å². The molecule has 15 heavy (non-hydrogen) atoms. The van der Waals surface area contributed by atoms with Gasteiger partial charge in [0.25, 0.3) is 0 Å². The maximum atomic E-state index is 11.7. The topological polar surface area (TPSA) is 72.2 Å². The minimum atomic E-state index is -0.839. The number of hydrogen-bond donors (Lipinski definition) is 2. The summed E-state index contributed by atoms with van der Waals surface area (Å²) in [7, 11) is -0.839. The van der Waals surface area contributed by atoms with Crippen molar-refractivity contribution in [3.05, 3.63) is 0 Å². The summed E-state index contributed by atoms with van der Waals surface area (Å²) in [4.78, 5) is 11.9. The Labute approximate surface area is 97.4 Å². The molecule has 1 aliphatic carbocycles. The first kappa shape index (κ1) is 12.6. The Morgan fingerprint density at radius 3 is 2.60 bits per heavy atom. The minimum Gasteiger partial charge on any atom is -0.392 e. The highest BCUT2D eigenvalue weighted by molar-refractivity contribution is 7.84. The Kier molecular flexibility index (Phi) is 4.21. The number of nitrogens with one attached hydrogen (secondary N) is 1. The quantitative estimate of drug-likeness (QED) is 0.646. The maximum absolute atomic E-state index is 11.7. The second-order valence-electron chi connectivity index (χ2n) is 3.63. The summed E-state index contributed by atoms with van der Waals surface area (Å²) < 4.78 is 11.1. The van der Waals surface area contributed by atoms with Gasteiger partial charge in [0.1, 0.15) is 0 Å². The van der Waals surface area contributed by atoms with Gasteiger partial charge < -0.3 is 11.1 Å². The van der Waals surface area contributed by atoms with Crippen molar-refractivity contribution in [3.63, 3.8) is 0 Å². The van der Waals surface area contributed by atoms with Crippen molar-refractivity contribution < 1.29 is 9.00 Å². The summed E-state index contributed by atoms with van der Waals surface area (Å²) >= 11 is 4.85. The van der Waals surface area contributed by atoms with E-state index in [4.69, 9.17) is 18.0 Å². The third-order valence-electron chi connectivity index (χ3n) is 2.59. The fourth-order valence-corrected chi connectivity index (χ4v) is 2.22. The molecule has 1 fully saturated rings. The molecule has 0 saturated heterocycles. The number of carbonyl (C=O) groups is 1. The third-order valence-corrected chi connectivity index (χ3v) is 4.29. The fraction of sp³-hybridized carbons (Fsp3) is 0.778. The van der Waals surface area contributed by atoms with Crippen molar-refractivity contribution in [2.24, 2.45) is 11.1 Å². The molecule has 1 rings (SSSR count). The van der Waals surface area contributed by atoms with Gasteiger partial charge in [0.2, 0.25) is 5.91 Å². The van der Waals surface area contributed by atoms with E-state index in [9.17, 15) is 9.00 Å². The van der Waals surface area contributed by atoms with Crippen LogP contribution in [0.4, 0.5) is 0 Å². The van der Waals surface area contributed by atoms with E-state index < -0.39 is 16.2 Å². The molecule has 1 unspecified atom stereocenters. The standard InChI is InChI=1S/C9H16N2O2S2/c1-2-15(13)6-5-11-8(12)9(3-4-9)7(10)14/h2-6H2,1H3,(H2,10,14)(H,11,12). The first-order valence-electron chi connectivity index (χ1n) is 4.96. The van der Waals surface area contributed by atoms with Crippen molar-refractivity contribution in [2.75, 3.05) is 18.1 Å². The summed E-state index contributed by atoms with van der Waals surface area (Å²) in [6.45, 7) is 2.29. The van der Waals surface area contributed by atoms with Gasteiger partial charge in [-0.25, -0.2) is 0 Å². The lowest BCUT2D eigenvalue weighted by Gasteiger charge is -2.13. The van der Waals surface area contributed by atoms with Crippen molar-refractivity contribution in [3.8, 4) is 0 Å². The monoisotopic (exact) mass is 248 g/mol. The molecule has 0 aromatic rings. The Hall–Kier alpha value is -0.490. The van der Waals surface area contributed by atoms with E-state index in [2.05, 4.69) is 5.32 Å². The molecule has 3 N–H and O–H groups in total. The number of amides is 1. The molecule has 1 aliphatic rings. The van der Waals surface area contributed by atoms with E-state index in [1.165, 1.54) is 0 Å². The lowest BCUT2D eigenvalue weighted by molar-refractivity contribution is -0.123. The lowest BCUT2D eigenvalue weighted by Crippen LogP contribution is -2.41. The normalized spacial score (nSPS) is 19.3. The maximum Gasteiger partial charge on any atom is 0.233 e. The first-order valence-corrected chi connectivity index (χ1v) is 6.85. The highest BCUT2D eigenvalue weighted by Crippen LogP contribution is 2.46. The van der Waals surface area contributed by atoms with E-state index in [0.717, 1.165) is 12.8 Å².